The molecule has 1 atom stereocenters. The Morgan fingerprint density at radius 2 is 2.12 bits per heavy atom. The van der Waals surface area contributed by atoms with Gasteiger partial charge in [-0.15, -0.1) is 11.3 Å². The number of amides is 1. The SMILES string of the molecule is CC(C)OC(=O)COc1ccc([C@@H]2CC(=O)NCc3nc(N)sc32)cc1. The molecule has 0 aliphatic carbocycles. The van der Waals surface area contributed by atoms with Crippen molar-refractivity contribution in [3.8, 4) is 5.75 Å². The Balaban J connectivity index is 1.73. The van der Waals surface area contributed by atoms with Crippen LogP contribution < -0.4 is 15.8 Å². The zero-order valence-electron chi connectivity index (χ0n) is 14.7. The van der Waals surface area contributed by atoms with E-state index < -0.39 is 5.97 Å². The fourth-order valence-electron chi connectivity index (χ4n) is 2.82. The number of aromatic nitrogens is 1. The lowest BCUT2D eigenvalue weighted by Crippen LogP contribution is -2.21. The van der Waals surface area contributed by atoms with E-state index in [9.17, 15) is 9.59 Å². The molecule has 0 saturated heterocycles. The second-order valence-corrected chi connectivity index (χ2v) is 7.36. The van der Waals surface area contributed by atoms with E-state index in [4.69, 9.17) is 15.2 Å². The summed E-state index contributed by atoms with van der Waals surface area (Å²) in [5.74, 6) is 0.0450. The first-order valence-corrected chi connectivity index (χ1v) is 9.18. The molecule has 0 fully saturated rings. The number of hydrogen-bond donors (Lipinski definition) is 2. The highest BCUT2D eigenvalue weighted by Gasteiger charge is 2.27. The number of fused-ring (bicyclic) bond motifs is 1. The first kappa shape index (κ1) is 18.2. The zero-order chi connectivity index (χ0) is 18.7. The maximum Gasteiger partial charge on any atom is 0.344 e. The summed E-state index contributed by atoms with van der Waals surface area (Å²) < 4.78 is 10.5. The summed E-state index contributed by atoms with van der Waals surface area (Å²) in [5.41, 5.74) is 7.64. The molecular weight excluding hydrogens is 354 g/mol. The Bertz CT molecular complexity index is 801. The molecule has 2 heterocycles. The number of hydrogen-bond acceptors (Lipinski definition) is 7. The molecule has 1 amide bonds. The summed E-state index contributed by atoms with van der Waals surface area (Å²) in [6, 6.07) is 7.35. The van der Waals surface area contributed by atoms with Gasteiger partial charge < -0.3 is 20.5 Å². The monoisotopic (exact) mass is 375 g/mol. The van der Waals surface area contributed by atoms with Gasteiger partial charge in [0.05, 0.1) is 18.3 Å². The molecule has 26 heavy (non-hydrogen) atoms. The van der Waals surface area contributed by atoms with Crippen LogP contribution in [-0.2, 0) is 20.9 Å². The van der Waals surface area contributed by atoms with Crippen LogP contribution in [0.1, 0.15) is 42.3 Å². The Labute approximate surface area is 155 Å². The van der Waals surface area contributed by atoms with Gasteiger partial charge in [-0.3, -0.25) is 4.79 Å². The summed E-state index contributed by atoms with van der Waals surface area (Å²) in [4.78, 5) is 28.9. The van der Waals surface area contributed by atoms with E-state index in [2.05, 4.69) is 10.3 Å². The maximum absolute atomic E-state index is 12.0. The molecule has 1 aromatic heterocycles. The molecule has 0 saturated carbocycles. The van der Waals surface area contributed by atoms with Crippen LogP contribution >= 0.6 is 11.3 Å². The largest absolute Gasteiger partial charge is 0.482 e. The average Bonchev–Trinajstić information content (AvgIpc) is 2.89. The third-order valence-electron chi connectivity index (χ3n) is 3.91. The Morgan fingerprint density at radius 3 is 2.81 bits per heavy atom. The van der Waals surface area contributed by atoms with Crippen LogP contribution in [-0.4, -0.2) is 29.6 Å². The van der Waals surface area contributed by atoms with Gasteiger partial charge in [0, 0.05) is 17.2 Å². The molecule has 2 aromatic rings. The maximum atomic E-state index is 12.0. The number of rotatable bonds is 5. The van der Waals surface area contributed by atoms with Crippen molar-refractivity contribution >= 4 is 28.3 Å². The van der Waals surface area contributed by atoms with Gasteiger partial charge in [-0.05, 0) is 31.5 Å². The molecule has 8 heteroatoms. The molecular formula is C18H21N3O4S. The second-order valence-electron chi connectivity index (χ2n) is 6.29. The van der Waals surface area contributed by atoms with Crippen molar-refractivity contribution in [1.82, 2.24) is 10.3 Å². The number of thiazole rings is 1. The van der Waals surface area contributed by atoms with Crippen molar-refractivity contribution in [1.29, 1.82) is 0 Å². The minimum Gasteiger partial charge on any atom is -0.482 e. The van der Waals surface area contributed by atoms with Crippen molar-refractivity contribution < 1.29 is 19.1 Å². The molecule has 138 valence electrons. The van der Waals surface area contributed by atoms with Gasteiger partial charge in [0.1, 0.15) is 5.75 Å². The number of ether oxygens (including phenoxy) is 2. The highest BCUT2D eigenvalue weighted by Crippen LogP contribution is 2.37. The van der Waals surface area contributed by atoms with Gasteiger partial charge in [0.2, 0.25) is 5.91 Å². The third kappa shape index (κ3) is 4.32. The highest BCUT2D eigenvalue weighted by molar-refractivity contribution is 7.15. The van der Waals surface area contributed by atoms with Gasteiger partial charge in [-0.1, -0.05) is 12.1 Å². The lowest BCUT2D eigenvalue weighted by atomic mass is 9.93. The third-order valence-corrected chi connectivity index (χ3v) is 4.95. The van der Waals surface area contributed by atoms with Crippen LogP contribution in [0.15, 0.2) is 24.3 Å². The van der Waals surface area contributed by atoms with Gasteiger partial charge in [0.25, 0.3) is 0 Å². The van der Waals surface area contributed by atoms with Crippen LogP contribution in [0, 0.1) is 0 Å². The number of nitrogens with one attached hydrogen (secondary N) is 1. The summed E-state index contributed by atoms with van der Waals surface area (Å²) in [6.45, 7) is 3.84. The molecule has 1 aromatic carbocycles. The van der Waals surface area contributed by atoms with E-state index in [-0.39, 0.29) is 24.5 Å². The van der Waals surface area contributed by atoms with Crippen molar-refractivity contribution in [3.05, 3.63) is 40.4 Å². The van der Waals surface area contributed by atoms with Gasteiger partial charge in [-0.2, -0.15) is 0 Å². The van der Waals surface area contributed by atoms with E-state index in [1.807, 2.05) is 12.1 Å². The molecule has 0 unspecified atom stereocenters. The normalized spacial score (nSPS) is 16.6. The van der Waals surface area contributed by atoms with Crippen LogP contribution in [0.2, 0.25) is 0 Å². The number of nitrogens with two attached hydrogens (primary N) is 1. The molecule has 0 bridgehead atoms. The van der Waals surface area contributed by atoms with E-state index in [1.54, 1.807) is 26.0 Å². The van der Waals surface area contributed by atoms with Crippen LogP contribution in [0.3, 0.4) is 0 Å². The number of nitrogens with zero attached hydrogens (tertiary/aromatic N) is 1. The standard InChI is InChI=1S/C18H21N3O4S/c1-10(2)25-16(23)9-24-12-5-3-11(4-6-12)13-7-15(22)20-8-14-17(13)26-18(19)21-14/h3-6,10,13H,7-9H2,1-2H3,(H2,19,21)(H,20,22)/t13-/m0/s1. The number of nitrogen functional groups attached to an aromatic ring is 1. The predicted molar refractivity (Wildman–Crippen MR) is 98.0 cm³/mol. The Hall–Kier alpha value is -2.61. The first-order chi connectivity index (χ1) is 12.4. The van der Waals surface area contributed by atoms with E-state index in [1.165, 1.54) is 11.3 Å². The molecule has 0 radical (unpaired) electrons. The van der Waals surface area contributed by atoms with Gasteiger partial charge >= 0.3 is 5.97 Å². The molecule has 0 spiro atoms. The Kier molecular flexibility index (Phi) is 5.41. The van der Waals surface area contributed by atoms with E-state index in [0.717, 1.165) is 16.1 Å². The lowest BCUT2D eigenvalue weighted by molar-refractivity contribution is -0.149. The number of carbonyl (C=O) groups excluding carboxylic acids is 2. The molecule has 3 N–H and O–H groups in total. The number of esters is 1. The van der Waals surface area contributed by atoms with Crippen molar-refractivity contribution in [2.75, 3.05) is 12.3 Å². The minimum atomic E-state index is -0.408. The molecule has 3 rings (SSSR count). The molecule has 1 aliphatic heterocycles. The van der Waals surface area contributed by atoms with Crippen molar-refractivity contribution in [2.45, 2.75) is 38.8 Å². The van der Waals surface area contributed by atoms with Gasteiger partial charge in [-0.25, -0.2) is 9.78 Å². The van der Waals surface area contributed by atoms with Crippen LogP contribution in [0.25, 0.3) is 0 Å². The smallest absolute Gasteiger partial charge is 0.344 e. The van der Waals surface area contributed by atoms with Gasteiger partial charge in [0.15, 0.2) is 11.7 Å². The highest BCUT2D eigenvalue weighted by atomic mass is 32.1. The second kappa shape index (κ2) is 7.74. The number of benzene rings is 1. The fourth-order valence-corrected chi connectivity index (χ4v) is 3.80. The summed E-state index contributed by atoms with van der Waals surface area (Å²) in [6.07, 6.45) is 0.172. The first-order valence-electron chi connectivity index (χ1n) is 8.36. The van der Waals surface area contributed by atoms with Crippen LogP contribution in [0.4, 0.5) is 5.13 Å². The van der Waals surface area contributed by atoms with Crippen LogP contribution in [0.5, 0.6) is 5.75 Å². The minimum absolute atomic E-state index is 0.0180. The predicted octanol–water partition coefficient (Wildman–Crippen LogP) is 2.21. The number of carbonyl (C=O) groups is 2. The lowest BCUT2D eigenvalue weighted by Gasteiger charge is -2.14. The molecule has 1 aliphatic rings. The average molecular weight is 375 g/mol. The summed E-state index contributed by atoms with van der Waals surface area (Å²) >= 11 is 1.41. The van der Waals surface area contributed by atoms with E-state index in [0.29, 0.717) is 23.8 Å². The molecule has 7 nitrogen and oxygen atoms in total. The summed E-state index contributed by atoms with van der Waals surface area (Å²) in [7, 11) is 0. The van der Waals surface area contributed by atoms with E-state index >= 15 is 0 Å². The fraction of sp³-hybridized carbons (Fsp3) is 0.389. The topological polar surface area (TPSA) is 104 Å². The quantitative estimate of drug-likeness (QED) is 0.777. The zero-order valence-corrected chi connectivity index (χ0v) is 15.5. The number of anilines is 1. The summed E-state index contributed by atoms with van der Waals surface area (Å²) in [5, 5.41) is 3.35. The van der Waals surface area contributed by atoms with Crippen molar-refractivity contribution in [2.24, 2.45) is 0 Å². The van der Waals surface area contributed by atoms with Crippen molar-refractivity contribution in [3.63, 3.8) is 0 Å². The Morgan fingerprint density at radius 1 is 1.38 bits per heavy atom.